The Labute approximate surface area is 129 Å². The Morgan fingerprint density at radius 1 is 1.32 bits per heavy atom. The van der Waals surface area contributed by atoms with E-state index in [2.05, 4.69) is 5.32 Å². The first-order valence-electron chi connectivity index (χ1n) is 7.25. The monoisotopic (exact) mass is 308 g/mol. The minimum absolute atomic E-state index is 0.0546. The van der Waals surface area contributed by atoms with E-state index in [4.69, 9.17) is 4.74 Å². The lowest BCUT2D eigenvalue weighted by Gasteiger charge is -2.19. The maximum atomic E-state index is 14.0. The zero-order valence-corrected chi connectivity index (χ0v) is 13.3. The van der Waals surface area contributed by atoms with Gasteiger partial charge in [0.2, 0.25) is 11.8 Å². The molecule has 2 amide bonds. The van der Waals surface area contributed by atoms with Crippen LogP contribution in [0.15, 0.2) is 18.2 Å². The van der Waals surface area contributed by atoms with Gasteiger partial charge in [0.25, 0.3) is 0 Å². The molecule has 0 atom stereocenters. The van der Waals surface area contributed by atoms with E-state index in [1.54, 1.807) is 20.2 Å². The van der Waals surface area contributed by atoms with Gasteiger partial charge in [0.15, 0.2) is 0 Å². The molecule has 1 aromatic rings. The van der Waals surface area contributed by atoms with Gasteiger partial charge in [-0.05, 0) is 38.8 Å². The number of hydrogen-bond acceptors (Lipinski definition) is 3. The molecule has 5 nitrogen and oxygen atoms in total. The zero-order valence-electron chi connectivity index (χ0n) is 13.3. The molecule has 1 N–H and O–H groups in total. The summed E-state index contributed by atoms with van der Waals surface area (Å²) >= 11 is 0. The Morgan fingerprint density at radius 2 is 1.95 bits per heavy atom. The summed E-state index contributed by atoms with van der Waals surface area (Å²) in [5.74, 6) is -0.886. The number of hydrogen-bond donors (Lipinski definition) is 1. The van der Waals surface area contributed by atoms with Crippen molar-refractivity contribution in [1.82, 2.24) is 4.90 Å². The second kappa shape index (κ2) is 5.94. The van der Waals surface area contributed by atoms with Crippen molar-refractivity contribution in [2.24, 2.45) is 5.41 Å². The van der Waals surface area contributed by atoms with Crippen molar-refractivity contribution < 1.29 is 18.7 Å². The second-order valence-electron chi connectivity index (χ2n) is 6.04. The van der Waals surface area contributed by atoms with E-state index < -0.39 is 17.1 Å². The van der Waals surface area contributed by atoms with Crippen LogP contribution in [0.1, 0.15) is 26.7 Å². The zero-order chi connectivity index (χ0) is 16.5. The fraction of sp³-hybridized carbons (Fsp3) is 0.500. The molecule has 1 saturated carbocycles. The SMILES string of the molecule is CC(C)Oc1ccc(NC(=O)C2(C(=O)N(C)C)CC2)c(F)c1. The molecule has 6 heteroatoms. The Hall–Kier alpha value is -2.11. The number of benzene rings is 1. The first-order chi connectivity index (χ1) is 10.3. The summed E-state index contributed by atoms with van der Waals surface area (Å²) in [6.07, 6.45) is 0.921. The smallest absolute Gasteiger partial charge is 0.240 e. The molecule has 120 valence electrons. The molecule has 0 heterocycles. The number of rotatable bonds is 5. The van der Waals surface area contributed by atoms with Gasteiger partial charge in [-0.25, -0.2) is 4.39 Å². The van der Waals surface area contributed by atoms with Gasteiger partial charge in [-0.2, -0.15) is 0 Å². The third kappa shape index (κ3) is 3.21. The fourth-order valence-electron chi connectivity index (χ4n) is 2.28. The number of nitrogens with zero attached hydrogens (tertiary/aromatic N) is 1. The molecule has 1 aliphatic carbocycles. The summed E-state index contributed by atoms with van der Waals surface area (Å²) in [7, 11) is 3.21. The normalized spacial score (nSPS) is 15.4. The number of anilines is 1. The molecule has 0 aliphatic heterocycles. The predicted octanol–water partition coefficient (Wildman–Crippen LogP) is 2.42. The van der Waals surface area contributed by atoms with Crippen molar-refractivity contribution >= 4 is 17.5 Å². The number of amides is 2. The van der Waals surface area contributed by atoms with Gasteiger partial charge in [0.05, 0.1) is 11.8 Å². The lowest BCUT2D eigenvalue weighted by Crippen LogP contribution is -2.39. The number of nitrogens with one attached hydrogen (secondary N) is 1. The number of ether oxygens (including phenoxy) is 1. The minimum Gasteiger partial charge on any atom is -0.491 e. The molecule has 22 heavy (non-hydrogen) atoms. The standard InChI is InChI=1S/C16H21FN2O3/c1-10(2)22-11-5-6-13(12(17)9-11)18-14(20)16(7-8-16)15(21)19(3)4/h5-6,9-10H,7-8H2,1-4H3,(H,18,20). The first kappa shape index (κ1) is 16.3. The maximum Gasteiger partial charge on any atom is 0.240 e. The van der Waals surface area contributed by atoms with Crippen molar-refractivity contribution in [3.63, 3.8) is 0 Å². The number of carbonyl (C=O) groups excluding carboxylic acids is 2. The Balaban J connectivity index is 2.11. The molecular formula is C16H21FN2O3. The van der Waals surface area contributed by atoms with Gasteiger partial charge in [-0.1, -0.05) is 0 Å². The molecule has 0 aromatic heterocycles. The van der Waals surface area contributed by atoms with Gasteiger partial charge < -0.3 is 15.0 Å². The molecule has 2 rings (SSSR count). The van der Waals surface area contributed by atoms with Gasteiger partial charge in [0.1, 0.15) is 17.0 Å². The van der Waals surface area contributed by atoms with Crippen LogP contribution in [-0.4, -0.2) is 36.9 Å². The highest BCUT2D eigenvalue weighted by molar-refractivity contribution is 6.12. The Kier molecular flexibility index (Phi) is 4.39. The summed E-state index contributed by atoms with van der Waals surface area (Å²) in [6.45, 7) is 3.69. The third-order valence-corrected chi connectivity index (χ3v) is 3.56. The van der Waals surface area contributed by atoms with Crippen molar-refractivity contribution in [1.29, 1.82) is 0 Å². The van der Waals surface area contributed by atoms with Crippen LogP contribution in [-0.2, 0) is 9.59 Å². The van der Waals surface area contributed by atoms with Crippen LogP contribution in [0, 0.1) is 11.2 Å². The fourth-order valence-corrected chi connectivity index (χ4v) is 2.28. The van der Waals surface area contributed by atoms with E-state index in [9.17, 15) is 14.0 Å². The van der Waals surface area contributed by atoms with Crippen LogP contribution in [0.25, 0.3) is 0 Å². The summed E-state index contributed by atoms with van der Waals surface area (Å²) in [5.41, 5.74) is -0.984. The maximum absolute atomic E-state index is 14.0. The lowest BCUT2D eigenvalue weighted by atomic mass is 10.0. The van der Waals surface area contributed by atoms with E-state index in [0.717, 1.165) is 0 Å². The van der Waals surface area contributed by atoms with Crippen LogP contribution >= 0.6 is 0 Å². The molecule has 0 radical (unpaired) electrons. The van der Waals surface area contributed by atoms with Gasteiger partial charge in [-0.15, -0.1) is 0 Å². The second-order valence-corrected chi connectivity index (χ2v) is 6.04. The topological polar surface area (TPSA) is 58.6 Å². The van der Waals surface area contributed by atoms with Crippen molar-refractivity contribution in [2.45, 2.75) is 32.8 Å². The molecule has 0 saturated heterocycles. The molecular weight excluding hydrogens is 287 g/mol. The molecule has 1 aromatic carbocycles. The highest BCUT2D eigenvalue weighted by atomic mass is 19.1. The van der Waals surface area contributed by atoms with Crippen molar-refractivity contribution in [3.8, 4) is 5.75 Å². The van der Waals surface area contributed by atoms with Crippen LogP contribution in [0.3, 0.4) is 0 Å². The first-order valence-corrected chi connectivity index (χ1v) is 7.25. The van der Waals surface area contributed by atoms with Crippen LogP contribution in [0.5, 0.6) is 5.75 Å². The average molecular weight is 308 g/mol. The van der Waals surface area contributed by atoms with Crippen LogP contribution in [0.4, 0.5) is 10.1 Å². The lowest BCUT2D eigenvalue weighted by molar-refractivity contribution is -0.140. The quantitative estimate of drug-likeness (QED) is 0.850. The highest BCUT2D eigenvalue weighted by Gasteiger charge is 2.57. The summed E-state index contributed by atoms with van der Waals surface area (Å²) in [6, 6.07) is 4.26. The van der Waals surface area contributed by atoms with Crippen molar-refractivity contribution in [3.05, 3.63) is 24.0 Å². The van der Waals surface area contributed by atoms with E-state index in [1.807, 2.05) is 13.8 Å². The summed E-state index contributed by atoms with van der Waals surface area (Å²) in [4.78, 5) is 25.8. The van der Waals surface area contributed by atoms with E-state index in [1.165, 1.54) is 17.0 Å². The largest absolute Gasteiger partial charge is 0.491 e. The van der Waals surface area contributed by atoms with E-state index in [-0.39, 0.29) is 17.7 Å². The Bertz CT molecular complexity index is 595. The minimum atomic E-state index is -1.04. The van der Waals surface area contributed by atoms with Gasteiger partial charge in [-0.3, -0.25) is 9.59 Å². The summed E-state index contributed by atoms with van der Waals surface area (Å²) in [5, 5.41) is 2.51. The Morgan fingerprint density at radius 3 is 2.41 bits per heavy atom. The third-order valence-electron chi connectivity index (χ3n) is 3.56. The molecule has 0 bridgehead atoms. The molecule has 1 aliphatic rings. The molecule has 0 unspecified atom stereocenters. The summed E-state index contributed by atoms with van der Waals surface area (Å²) < 4.78 is 19.4. The average Bonchev–Trinajstić information content (AvgIpc) is 3.21. The highest BCUT2D eigenvalue weighted by Crippen LogP contribution is 2.48. The van der Waals surface area contributed by atoms with E-state index in [0.29, 0.717) is 18.6 Å². The number of halogens is 1. The molecule has 0 spiro atoms. The van der Waals surface area contributed by atoms with Gasteiger partial charge in [0, 0.05) is 20.2 Å². The predicted molar refractivity (Wildman–Crippen MR) is 81.2 cm³/mol. The molecule has 1 fully saturated rings. The van der Waals surface area contributed by atoms with Crippen LogP contribution < -0.4 is 10.1 Å². The van der Waals surface area contributed by atoms with Crippen LogP contribution in [0.2, 0.25) is 0 Å². The van der Waals surface area contributed by atoms with Gasteiger partial charge >= 0.3 is 0 Å². The van der Waals surface area contributed by atoms with Crippen molar-refractivity contribution in [2.75, 3.05) is 19.4 Å². The van der Waals surface area contributed by atoms with E-state index >= 15 is 0 Å². The number of carbonyl (C=O) groups is 2.